The van der Waals surface area contributed by atoms with Crippen molar-refractivity contribution in [1.29, 1.82) is 0 Å². The Labute approximate surface area is 131 Å². The smallest absolute Gasteiger partial charge is 0.338 e. The lowest BCUT2D eigenvalue weighted by Gasteiger charge is -2.31. The Morgan fingerprint density at radius 1 is 1.59 bits per heavy atom. The van der Waals surface area contributed by atoms with E-state index in [4.69, 9.17) is 9.84 Å². The minimum absolute atomic E-state index is 0.0297. The van der Waals surface area contributed by atoms with Gasteiger partial charge in [-0.15, -0.1) is 0 Å². The maximum atomic E-state index is 12.3. The third-order valence-corrected chi connectivity index (χ3v) is 5.08. The number of nitrogens with zero attached hydrogens (tertiary/aromatic N) is 1. The van der Waals surface area contributed by atoms with Crippen LogP contribution in [0.15, 0.2) is 11.6 Å². The fraction of sp³-hybridized carbons (Fsp3) is 0.812. The van der Waals surface area contributed by atoms with Crippen LogP contribution in [-0.4, -0.2) is 70.2 Å². The molecule has 6 nitrogen and oxygen atoms in total. The summed E-state index contributed by atoms with van der Waals surface area (Å²) in [4.78, 5) is 14.5. The van der Waals surface area contributed by atoms with Crippen LogP contribution in [0.4, 0.5) is 0 Å². The average Bonchev–Trinajstić information content (AvgIpc) is 3.07. The number of carbonyl (C=O) groups is 1. The lowest BCUT2D eigenvalue weighted by Crippen LogP contribution is -2.47. The van der Waals surface area contributed by atoms with Crippen LogP contribution in [0.5, 0.6) is 0 Å². The zero-order valence-electron chi connectivity index (χ0n) is 13.4. The van der Waals surface area contributed by atoms with Gasteiger partial charge >= 0.3 is 5.97 Å². The number of hydrogen-bond acceptors (Lipinski definition) is 6. The van der Waals surface area contributed by atoms with E-state index in [1.807, 2.05) is 13.0 Å². The summed E-state index contributed by atoms with van der Waals surface area (Å²) in [5.41, 5.74) is -0.759. The summed E-state index contributed by atoms with van der Waals surface area (Å²) >= 11 is 0. The topological polar surface area (TPSA) is 90.2 Å². The second-order valence-corrected chi connectivity index (χ2v) is 6.36. The van der Waals surface area contributed by atoms with E-state index in [0.717, 1.165) is 25.1 Å². The zero-order valence-corrected chi connectivity index (χ0v) is 13.4. The van der Waals surface area contributed by atoms with Crippen LogP contribution >= 0.6 is 0 Å². The van der Waals surface area contributed by atoms with Crippen molar-refractivity contribution in [2.24, 2.45) is 5.92 Å². The summed E-state index contributed by atoms with van der Waals surface area (Å²) in [5.74, 6) is -0.985. The molecule has 6 heteroatoms. The third kappa shape index (κ3) is 3.20. The van der Waals surface area contributed by atoms with E-state index in [1.165, 1.54) is 0 Å². The van der Waals surface area contributed by atoms with Gasteiger partial charge in [-0.3, -0.25) is 4.90 Å². The Morgan fingerprint density at radius 3 is 2.95 bits per heavy atom. The van der Waals surface area contributed by atoms with Crippen LogP contribution in [0.2, 0.25) is 0 Å². The highest BCUT2D eigenvalue weighted by molar-refractivity contribution is 5.79. The molecule has 22 heavy (non-hydrogen) atoms. The Morgan fingerprint density at radius 2 is 2.32 bits per heavy atom. The highest BCUT2D eigenvalue weighted by Gasteiger charge is 2.43. The molecule has 1 fully saturated rings. The number of carbonyl (C=O) groups excluding carboxylic acids is 1. The average molecular weight is 313 g/mol. The van der Waals surface area contributed by atoms with Gasteiger partial charge in [-0.1, -0.05) is 26.3 Å². The van der Waals surface area contributed by atoms with E-state index in [2.05, 4.69) is 4.90 Å². The van der Waals surface area contributed by atoms with Gasteiger partial charge in [0.05, 0.1) is 12.1 Å². The molecule has 0 saturated carbocycles. The lowest BCUT2D eigenvalue weighted by molar-refractivity contribution is -0.172. The first-order chi connectivity index (χ1) is 10.4. The summed E-state index contributed by atoms with van der Waals surface area (Å²) in [6, 6.07) is -0.0673. The van der Waals surface area contributed by atoms with Gasteiger partial charge in [-0.25, -0.2) is 4.79 Å². The van der Waals surface area contributed by atoms with Gasteiger partial charge < -0.3 is 20.1 Å². The largest absolute Gasteiger partial charge is 0.459 e. The maximum Gasteiger partial charge on any atom is 0.338 e. The van der Waals surface area contributed by atoms with Crippen LogP contribution in [-0.2, 0) is 9.53 Å². The minimum atomic E-state index is -1.66. The van der Waals surface area contributed by atoms with E-state index in [-0.39, 0.29) is 31.6 Å². The van der Waals surface area contributed by atoms with Gasteiger partial charge in [0.15, 0.2) is 5.60 Å². The monoisotopic (exact) mass is 313 g/mol. The van der Waals surface area contributed by atoms with Gasteiger partial charge in [-0.2, -0.15) is 0 Å². The van der Waals surface area contributed by atoms with Gasteiger partial charge in [-0.05, 0) is 17.9 Å². The molecule has 0 amide bonds. The number of rotatable bonds is 7. The van der Waals surface area contributed by atoms with E-state index < -0.39 is 17.7 Å². The molecule has 2 aliphatic heterocycles. The van der Waals surface area contributed by atoms with Crippen molar-refractivity contribution in [1.82, 2.24) is 4.90 Å². The molecule has 2 heterocycles. The van der Waals surface area contributed by atoms with Crippen LogP contribution < -0.4 is 0 Å². The first-order valence-electron chi connectivity index (χ1n) is 8.05. The third-order valence-electron chi connectivity index (χ3n) is 5.08. The lowest BCUT2D eigenvalue weighted by atomic mass is 9.84. The standard InChI is InChI=1S/C16H27NO5/c1-3-11(2)16(21,6-9-18)15(20)22-10-12-4-7-17-8-5-13(19)14(12)17/h4,11,13-14,18-19,21H,3,5-10H2,1-2H3/t11-,13+,14+,16+/m0/s1. The molecule has 0 aromatic heterocycles. The van der Waals surface area contributed by atoms with E-state index in [9.17, 15) is 15.0 Å². The molecule has 0 aliphatic carbocycles. The predicted octanol–water partition coefficient (Wildman–Crippen LogP) is 0.0644. The molecule has 0 radical (unpaired) electrons. The zero-order chi connectivity index (χ0) is 16.3. The number of aliphatic hydroxyl groups is 3. The Hall–Kier alpha value is -0.950. The van der Waals surface area contributed by atoms with Crippen molar-refractivity contribution >= 4 is 5.97 Å². The number of aliphatic hydroxyl groups excluding tert-OH is 2. The highest BCUT2D eigenvalue weighted by atomic mass is 16.5. The SMILES string of the molecule is CC[C@H](C)[C@](O)(CCO)C(=O)OCC1=CCN2CC[C@@H](O)[C@@H]12. The Bertz CT molecular complexity index is 438. The summed E-state index contributed by atoms with van der Waals surface area (Å²) in [5, 5.41) is 29.7. The van der Waals surface area contributed by atoms with Crippen molar-refractivity contribution in [3.8, 4) is 0 Å². The molecule has 0 unspecified atom stereocenters. The fourth-order valence-corrected chi connectivity index (χ4v) is 3.36. The molecule has 3 N–H and O–H groups in total. The molecular weight excluding hydrogens is 286 g/mol. The van der Waals surface area contributed by atoms with Crippen LogP contribution in [0.1, 0.15) is 33.1 Å². The molecule has 1 saturated heterocycles. The second kappa shape index (κ2) is 7.08. The summed E-state index contributed by atoms with van der Waals surface area (Å²) in [6.45, 7) is 5.08. The predicted molar refractivity (Wildman–Crippen MR) is 81.1 cm³/mol. The number of hydrogen-bond donors (Lipinski definition) is 3. The normalized spacial score (nSPS) is 28.9. The number of fused-ring (bicyclic) bond motifs is 1. The first-order valence-corrected chi connectivity index (χ1v) is 8.05. The molecule has 4 atom stereocenters. The van der Waals surface area contributed by atoms with Crippen LogP contribution in [0.3, 0.4) is 0 Å². The molecule has 0 aromatic rings. The molecule has 0 aromatic carbocycles. The Kier molecular flexibility index (Phi) is 5.60. The first kappa shape index (κ1) is 17.4. The Balaban J connectivity index is 1.96. The number of esters is 1. The van der Waals surface area contributed by atoms with E-state index in [0.29, 0.717) is 6.42 Å². The van der Waals surface area contributed by atoms with Crippen molar-refractivity contribution < 1.29 is 24.9 Å². The van der Waals surface area contributed by atoms with Crippen LogP contribution in [0.25, 0.3) is 0 Å². The summed E-state index contributed by atoms with van der Waals surface area (Å²) < 4.78 is 5.32. The second-order valence-electron chi connectivity index (χ2n) is 6.36. The van der Waals surface area contributed by atoms with Crippen molar-refractivity contribution in [3.05, 3.63) is 11.6 Å². The summed E-state index contributed by atoms with van der Waals surface area (Å²) in [6.07, 6.45) is 2.88. The quantitative estimate of drug-likeness (QED) is 0.455. The van der Waals surface area contributed by atoms with E-state index >= 15 is 0 Å². The van der Waals surface area contributed by atoms with Crippen LogP contribution in [0, 0.1) is 5.92 Å². The van der Waals surface area contributed by atoms with Gasteiger partial charge in [0.25, 0.3) is 0 Å². The molecule has 2 aliphatic rings. The van der Waals surface area contributed by atoms with Gasteiger partial charge in [0.1, 0.15) is 6.61 Å². The fourth-order valence-electron chi connectivity index (χ4n) is 3.36. The van der Waals surface area contributed by atoms with Crippen molar-refractivity contribution in [2.75, 3.05) is 26.3 Å². The number of ether oxygens (including phenoxy) is 1. The minimum Gasteiger partial charge on any atom is -0.459 e. The maximum absolute atomic E-state index is 12.3. The van der Waals surface area contributed by atoms with Crippen molar-refractivity contribution in [3.63, 3.8) is 0 Å². The molecular formula is C16H27NO5. The molecule has 0 spiro atoms. The molecule has 126 valence electrons. The molecule has 0 bridgehead atoms. The van der Waals surface area contributed by atoms with E-state index in [1.54, 1.807) is 6.92 Å². The van der Waals surface area contributed by atoms with Gasteiger partial charge in [0.2, 0.25) is 0 Å². The van der Waals surface area contributed by atoms with Crippen molar-refractivity contribution in [2.45, 2.75) is 50.9 Å². The highest BCUT2D eigenvalue weighted by Crippen LogP contribution is 2.30. The van der Waals surface area contributed by atoms with Gasteiger partial charge in [0, 0.05) is 26.1 Å². The summed E-state index contributed by atoms with van der Waals surface area (Å²) in [7, 11) is 0. The molecule has 2 rings (SSSR count).